The molecule has 84 valence electrons. The Bertz CT molecular complexity index is 322. The third kappa shape index (κ3) is 3.36. The fourth-order valence-electron chi connectivity index (χ4n) is 1.26. The minimum absolute atomic E-state index is 0.256. The Labute approximate surface area is 88.8 Å². The normalized spacial score (nSPS) is 12.5. The van der Waals surface area contributed by atoms with Crippen LogP contribution in [0.25, 0.3) is 0 Å². The molecule has 0 aliphatic rings. The van der Waals surface area contributed by atoms with E-state index in [1.165, 1.54) is 7.11 Å². The first-order valence-electron chi connectivity index (χ1n) is 4.90. The molecule has 0 fully saturated rings. The number of carbonyl (C=O) groups excluding carboxylic acids is 1. The van der Waals surface area contributed by atoms with Gasteiger partial charge in [0.15, 0.2) is 5.76 Å². The number of methoxy groups -OCH3 is 1. The molecule has 0 aliphatic carbocycles. The highest BCUT2D eigenvalue weighted by Crippen LogP contribution is 2.03. The van der Waals surface area contributed by atoms with Gasteiger partial charge in [0, 0.05) is 6.07 Å². The molecular weight excluding hydrogens is 196 g/mol. The van der Waals surface area contributed by atoms with E-state index < -0.39 is 0 Å². The van der Waals surface area contributed by atoms with Gasteiger partial charge in [0.2, 0.25) is 0 Å². The Morgan fingerprint density at radius 1 is 1.73 bits per heavy atom. The second kappa shape index (κ2) is 5.50. The van der Waals surface area contributed by atoms with Crippen molar-refractivity contribution in [3.05, 3.63) is 17.5 Å². The minimum Gasteiger partial charge on any atom is -0.468 e. The molecule has 1 aromatic heterocycles. The van der Waals surface area contributed by atoms with Crippen molar-refractivity contribution in [3.63, 3.8) is 0 Å². The standard InChI is InChI=1S/C10H16N2O3/c1-4-9(10(13)14-3)11-6-8-5-7(2)12-15-8/h5,9,11H,4,6H2,1-3H3. The van der Waals surface area contributed by atoms with Gasteiger partial charge in [-0.1, -0.05) is 12.1 Å². The molecule has 0 aliphatic heterocycles. The molecule has 5 heteroatoms. The molecule has 0 radical (unpaired) electrons. The second-order valence-electron chi connectivity index (χ2n) is 3.30. The maximum Gasteiger partial charge on any atom is 0.322 e. The lowest BCUT2D eigenvalue weighted by Crippen LogP contribution is -2.36. The molecule has 0 saturated heterocycles. The highest BCUT2D eigenvalue weighted by molar-refractivity contribution is 5.75. The topological polar surface area (TPSA) is 64.4 Å². The van der Waals surface area contributed by atoms with Crippen molar-refractivity contribution in [1.29, 1.82) is 0 Å². The zero-order valence-electron chi connectivity index (χ0n) is 9.24. The van der Waals surface area contributed by atoms with E-state index in [9.17, 15) is 4.79 Å². The van der Waals surface area contributed by atoms with Crippen molar-refractivity contribution in [2.75, 3.05) is 7.11 Å². The Balaban J connectivity index is 2.44. The number of hydrogen-bond donors (Lipinski definition) is 1. The molecule has 5 nitrogen and oxygen atoms in total. The lowest BCUT2D eigenvalue weighted by Gasteiger charge is -2.12. The van der Waals surface area contributed by atoms with Crippen LogP contribution in [0.2, 0.25) is 0 Å². The van der Waals surface area contributed by atoms with E-state index in [1.807, 2.05) is 19.9 Å². The first-order valence-corrected chi connectivity index (χ1v) is 4.90. The summed E-state index contributed by atoms with van der Waals surface area (Å²) in [6.07, 6.45) is 0.680. The van der Waals surface area contributed by atoms with E-state index in [1.54, 1.807) is 0 Å². The number of aryl methyl sites for hydroxylation is 1. The van der Waals surface area contributed by atoms with Crippen LogP contribution in [0.5, 0.6) is 0 Å². The summed E-state index contributed by atoms with van der Waals surface area (Å²) in [5.74, 6) is 0.462. The van der Waals surface area contributed by atoms with Gasteiger partial charge in [-0.3, -0.25) is 10.1 Å². The summed E-state index contributed by atoms with van der Waals surface area (Å²) in [5.41, 5.74) is 0.831. The lowest BCUT2D eigenvalue weighted by molar-refractivity contribution is -0.143. The number of hydrogen-bond acceptors (Lipinski definition) is 5. The van der Waals surface area contributed by atoms with Gasteiger partial charge in [-0.15, -0.1) is 0 Å². The van der Waals surface area contributed by atoms with E-state index in [4.69, 9.17) is 4.52 Å². The van der Waals surface area contributed by atoms with Gasteiger partial charge >= 0.3 is 5.97 Å². The number of carbonyl (C=O) groups is 1. The Kier molecular flexibility index (Phi) is 4.30. The number of nitrogens with zero attached hydrogens (tertiary/aromatic N) is 1. The summed E-state index contributed by atoms with van der Waals surface area (Å²) in [6, 6.07) is 1.54. The van der Waals surface area contributed by atoms with E-state index in [0.29, 0.717) is 13.0 Å². The number of rotatable bonds is 5. The van der Waals surface area contributed by atoms with Crippen LogP contribution in [-0.2, 0) is 16.1 Å². The van der Waals surface area contributed by atoms with Crippen LogP contribution in [-0.4, -0.2) is 24.3 Å². The lowest BCUT2D eigenvalue weighted by atomic mass is 10.2. The third-order valence-electron chi connectivity index (χ3n) is 2.09. The van der Waals surface area contributed by atoms with Crippen LogP contribution in [0.4, 0.5) is 0 Å². The summed E-state index contributed by atoms with van der Waals surface area (Å²) in [4.78, 5) is 11.2. The van der Waals surface area contributed by atoms with Crippen LogP contribution >= 0.6 is 0 Å². The van der Waals surface area contributed by atoms with E-state index in [2.05, 4.69) is 15.2 Å². The predicted molar refractivity (Wildman–Crippen MR) is 54.2 cm³/mol. The Morgan fingerprint density at radius 2 is 2.47 bits per heavy atom. The van der Waals surface area contributed by atoms with Crippen molar-refractivity contribution < 1.29 is 14.1 Å². The Hall–Kier alpha value is -1.36. The summed E-state index contributed by atoms with van der Waals surface area (Å²) < 4.78 is 9.66. The summed E-state index contributed by atoms with van der Waals surface area (Å²) in [6.45, 7) is 4.25. The molecule has 0 spiro atoms. The van der Waals surface area contributed by atoms with E-state index in [0.717, 1.165) is 11.5 Å². The largest absolute Gasteiger partial charge is 0.468 e. The highest BCUT2D eigenvalue weighted by Gasteiger charge is 2.16. The van der Waals surface area contributed by atoms with Crippen LogP contribution in [0, 0.1) is 6.92 Å². The average Bonchev–Trinajstić information content (AvgIpc) is 2.64. The van der Waals surface area contributed by atoms with Crippen molar-refractivity contribution in [1.82, 2.24) is 10.5 Å². The summed E-state index contributed by atoms with van der Waals surface area (Å²) >= 11 is 0. The van der Waals surface area contributed by atoms with Crippen molar-refractivity contribution in [2.45, 2.75) is 32.9 Å². The SMILES string of the molecule is CCC(NCc1cc(C)no1)C(=O)OC. The van der Waals surface area contributed by atoms with E-state index >= 15 is 0 Å². The zero-order chi connectivity index (χ0) is 11.3. The molecule has 0 aromatic carbocycles. The molecule has 0 bridgehead atoms. The van der Waals surface area contributed by atoms with Gasteiger partial charge in [0.25, 0.3) is 0 Å². The van der Waals surface area contributed by atoms with Crippen molar-refractivity contribution >= 4 is 5.97 Å². The third-order valence-corrected chi connectivity index (χ3v) is 2.09. The predicted octanol–water partition coefficient (Wildman–Crippen LogP) is 1.02. The number of esters is 1. The maximum absolute atomic E-state index is 11.2. The summed E-state index contributed by atoms with van der Waals surface area (Å²) in [7, 11) is 1.38. The Morgan fingerprint density at radius 3 is 2.93 bits per heavy atom. The number of aromatic nitrogens is 1. The minimum atomic E-state index is -0.291. The molecule has 0 saturated carbocycles. The van der Waals surface area contributed by atoms with Crippen molar-refractivity contribution in [2.24, 2.45) is 0 Å². The molecular formula is C10H16N2O3. The van der Waals surface area contributed by atoms with Crippen LogP contribution < -0.4 is 5.32 Å². The van der Waals surface area contributed by atoms with Crippen molar-refractivity contribution in [3.8, 4) is 0 Å². The first-order chi connectivity index (χ1) is 7.17. The van der Waals surface area contributed by atoms with E-state index in [-0.39, 0.29) is 12.0 Å². The average molecular weight is 212 g/mol. The van der Waals surface area contributed by atoms with Gasteiger partial charge in [0.05, 0.1) is 19.3 Å². The fourth-order valence-corrected chi connectivity index (χ4v) is 1.26. The first kappa shape index (κ1) is 11.7. The monoisotopic (exact) mass is 212 g/mol. The molecule has 0 amide bonds. The van der Waals surface area contributed by atoms with Gasteiger partial charge in [-0.05, 0) is 13.3 Å². The van der Waals surface area contributed by atoms with Gasteiger partial charge in [0.1, 0.15) is 6.04 Å². The van der Waals surface area contributed by atoms with Gasteiger partial charge in [-0.2, -0.15) is 0 Å². The second-order valence-corrected chi connectivity index (χ2v) is 3.30. The molecule has 15 heavy (non-hydrogen) atoms. The molecule has 1 aromatic rings. The number of ether oxygens (including phenoxy) is 1. The number of nitrogens with one attached hydrogen (secondary N) is 1. The van der Waals surface area contributed by atoms with Crippen LogP contribution in [0.3, 0.4) is 0 Å². The van der Waals surface area contributed by atoms with Gasteiger partial charge < -0.3 is 9.26 Å². The molecule has 1 heterocycles. The molecule has 1 N–H and O–H groups in total. The molecule has 1 rings (SSSR count). The van der Waals surface area contributed by atoms with Crippen LogP contribution in [0.1, 0.15) is 24.8 Å². The molecule has 1 unspecified atom stereocenters. The molecule has 1 atom stereocenters. The van der Waals surface area contributed by atoms with Gasteiger partial charge in [-0.25, -0.2) is 0 Å². The smallest absolute Gasteiger partial charge is 0.322 e. The zero-order valence-corrected chi connectivity index (χ0v) is 9.24. The maximum atomic E-state index is 11.2. The highest BCUT2D eigenvalue weighted by atomic mass is 16.5. The quantitative estimate of drug-likeness (QED) is 0.738. The fraction of sp³-hybridized carbons (Fsp3) is 0.600. The summed E-state index contributed by atoms with van der Waals surface area (Å²) in [5, 5.41) is 6.80. The van der Waals surface area contributed by atoms with Crippen LogP contribution in [0.15, 0.2) is 10.6 Å².